The molecule has 0 N–H and O–H groups in total. The van der Waals surface area contributed by atoms with Gasteiger partial charge in [-0.1, -0.05) is 45.7 Å². The van der Waals surface area contributed by atoms with Crippen molar-refractivity contribution in [3.05, 3.63) is 34.9 Å². The summed E-state index contributed by atoms with van der Waals surface area (Å²) in [6.45, 7) is 0.875. The van der Waals surface area contributed by atoms with Crippen LogP contribution in [0.1, 0.15) is 18.4 Å². The van der Waals surface area contributed by atoms with E-state index in [0.717, 1.165) is 30.3 Å². The zero-order valence-electron chi connectivity index (χ0n) is 9.53. The van der Waals surface area contributed by atoms with E-state index >= 15 is 0 Å². The number of halogens is 2. The minimum absolute atomic E-state index is 0.181. The van der Waals surface area contributed by atoms with Gasteiger partial charge >= 0.3 is 0 Å². The molecule has 1 fully saturated rings. The molecular formula is C13H15BrClNO. The van der Waals surface area contributed by atoms with Gasteiger partial charge in [0.1, 0.15) is 0 Å². The molecule has 1 aliphatic heterocycles. The van der Waals surface area contributed by atoms with Crippen LogP contribution in [0.5, 0.6) is 0 Å². The molecule has 0 radical (unpaired) electrons. The second-order valence-electron chi connectivity index (χ2n) is 4.31. The van der Waals surface area contributed by atoms with Crippen LogP contribution in [0, 0.1) is 0 Å². The number of amides is 1. The molecule has 1 aromatic carbocycles. The van der Waals surface area contributed by atoms with Crippen LogP contribution in [0.15, 0.2) is 24.3 Å². The number of hydrogen-bond donors (Lipinski definition) is 0. The van der Waals surface area contributed by atoms with Crippen molar-refractivity contribution in [1.82, 2.24) is 4.90 Å². The van der Waals surface area contributed by atoms with Crippen LogP contribution in [0.3, 0.4) is 0 Å². The quantitative estimate of drug-likeness (QED) is 0.784. The Hall–Kier alpha value is -0.540. The second kappa shape index (κ2) is 5.87. The zero-order chi connectivity index (χ0) is 12.3. The first-order valence-electron chi connectivity index (χ1n) is 5.81. The van der Waals surface area contributed by atoms with E-state index in [0.29, 0.717) is 17.5 Å². The topological polar surface area (TPSA) is 20.3 Å². The Morgan fingerprint density at radius 3 is 2.94 bits per heavy atom. The van der Waals surface area contributed by atoms with Gasteiger partial charge in [-0.15, -0.1) is 0 Å². The predicted octanol–water partition coefficient (Wildman–Crippen LogP) is 3.27. The average molecular weight is 317 g/mol. The van der Waals surface area contributed by atoms with Gasteiger partial charge in [0.15, 0.2) is 0 Å². The zero-order valence-corrected chi connectivity index (χ0v) is 11.9. The molecule has 92 valence electrons. The van der Waals surface area contributed by atoms with Crippen molar-refractivity contribution in [3.8, 4) is 0 Å². The molecule has 0 saturated carbocycles. The number of rotatable bonds is 3. The van der Waals surface area contributed by atoms with Crippen molar-refractivity contribution in [1.29, 1.82) is 0 Å². The summed E-state index contributed by atoms with van der Waals surface area (Å²) < 4.78 is 0. The maximum atomic E-state index is 12.2. The SMILES string of the molecule is O=C(Cc1ccccc1Cl)N1CCCC1CBr. The Balaban J connectivity index is 2.04. The monoisotopic (exact) mass is 315 g/mol. The summed E-state index contributed by atoms with van der Waals surface area (Å²) in [6.07, 6.45) is 2.60. The number of carbonyl (C=O) groups is 1. The van der Waals surface area contributed by atoms with Gasteiger partial charge in [0.25, 0.3) is 0 Å². The summed E-state index contributed by atoms with van der Waals surface area (Å²) in [5, 5.41) is 1.54. The van der Waals surface area contributed by atoms with E-state index in [4.69, 9.17) is 11.6 Å². The molecule has 4 heteroatoms. The normalized spacial score (nSPS) is 19.6. The molecule has 1 amide bonds. The van der Waals surface area contributed by atoms with Crippen LogP contribution >= 0.6 is 27.5 Å². The maximum Gasteiger partial charge on any atom is 0.227 e. The summed E-state index contributed by atoms with van der Waals surface area (Å²) in [7, 11) is 0. The minimum Gasteiger partial charge on any atom is -0.339 e. The fourth-order valence-electron chi connectivity index (χ4n) is 2.23. The Kier molecular flexibility index (Phi) is 4.46. The standard InChI is InChI=1S/C13H15BrClNO/c14-9-11-5-3-7-16(11)13(17)8-10-4-1-2-6-12(10)15/h1-2,4,6,11H,3,5,7-9H2. The first-order chi connectivity index (χ1) is 8.22. The summed E-state index contributed by atoms with van der Waals surface area (Å²) in [4.78, 5) is 14.2. The highest BCUT2D eigenvalue weighted by atomic mass is 79.9. The van der Waals surface area contributed by atoms with Crippen molar-refractivity contribution in [2.75, 3.05) is 11.9 Å². The highest BCUT2D eigenvalue weighted by molar-refractivity contribution is 9.09. The van der Waals surface area contributed by atoms with E-state index in [1.165, 1.54) is 0 Å². The number of likely N-dealkylation sites (tertiary alicyclic amines) is 1. The number of hydrogen-bond acceptors (Lipinski definition) is 1. The summed E-state index contributed by atoms with van der Waals surface area (Å²) >= 11 is 9.53. The summed E-state index contributed by atoms with van der Waals surface area (Å²) in [6, 6.07) is 7.90. The van der Waals surface area contributed by atoms with Gasteiger partial charge in [-0.2, -0.15) is 0 Å². The first-order valence-corrected chi connectivity index (χ1v) is 7.31. The van der Waals surface area contributed by atoms with Crippen molar-refractivity contribution in [3.63, 3.8) is 0 Å². The lowest BCUT2D eigenvalue weighted by Crippen LogP contribution is -2.37. The van der Waals surface area contributed by atoms with Crippen LogP contribution in [-0.2, 0) is 11.2 Å². The number of carbonyl (C=O) groups excluding carboxylic acids is 1. The second-order valence-corrected chi connectivity index (χ2v) is 5.36. The molecule has 0 spiro atoms. The lowest BCUT2D eigenvalue weighted by atomic mass is 10.1. The van der Waals surface area contributed by atoms with Gasteiger partial charge in [-0.25, -0.2) is 0 Å². The molecule has 1 unspecified atom stereocenters. The highest BCUT2D eigenvalue weighted by Gasteiger charge is 2.27. The smallest absolute Gasteiger partial charge is 0.227 e. The molecule has 1 saturated heterocycles. The van der Waals surface area contributed by atoms with E-state index in [9.17, 15) is 4.79 Å². The molecule has 1 aliphatic rings. The Labute approximate surface area is 115 Å². The molecule has 2 rings (SSSR count). The molecule has 0 aliphatic carbocycles. The lowest BCUT2D eigenvalue weighted by molar-refractivity contribution is -0.130. The van der Waals surface area contributed by atoms with E-state index in [2.05, 4.69) is 15.9 Å². The largest absolute Gasteiger partial charge is 0.339 e. The lowest BCUT2D eigenvalue weighted by Gasteiger charge is -2.23. The average Bonchev–Trinajstić information content (AvgIpc) is 2.80. The van der Waals surface area contributed by atoms with Crippen molar-refractivity contribution in [2.45, 2.75) is 25.3 Å². The van der Waals surface area contributed by atoms with Gasteiger partial charge < -0.3 is 4.90 Å². The van der Waals surface area contributed by atoms with E-state index in [1.807, 2.05) is 29.2 Å². The van der Waals surface area contributed by atoms with Gasteiger partial charge in [0, 0.05) is 22.9 Å². The first kappa shape index (κ1) is 12.9. The maximum absolute atomic E-state index is 12.2. The third-order valence-electron chi connectivity index (χ3n) is 3.18. The molecule has 2 nitrogen and oxygen atoms in total. The fourth-order valence-corrected chi connectivity index (χ4v) is 3.11. The molecular weight excluding hydrogens is 302 g/mol. The molecule has 1 heterocycles. The van der Waals surface area contributed by atoms with Crippen LogP contribution in [0.25, 0.3) is 0 Å². The van der Waals surface area contributed by atoms with Crippen molar-refractivity contribution in [2.24, 2.45) is 0 Å². The summed E-state index contributed by atoms with van der Waals surface area (Å²) in [5.41, 5.74) is 0.916. The van der Waals surface area contributed by atoms with Crippen LogP contribution in [0.2, 0.25) is 5.02 Å². The van der Waals surface area contributed by atoms with Gasteiger partial charge in [-0.3, -0.25) is 4.79 Å². The number of nitrogens with zero attached hydrogens (tertiary/aromatic N) is 1. The molecule has 1 atom stereocenters. The predicted molar refractivity (Wildman–Crippen MR) is 73.7 cm³/mol. The Bertz CT molecular complexity index is 410. The minimum atomic E-state index is 0.181. The van der Waals surface area contributed by atoms with Crippen LogP contribution in [-0.4, -0.2) is 28.7 Å². The summed E-state index contributed by atoms with van der Waals surface area (Å²) in [5.74, 6) is 0.181. The van der Waals surface area contributed by atoms with Crippen molar-refractivity contribution >= 4 is 33.4 Å². The third-order valence-corrected chi connectivity index (χ3v) is 4.29. The van der Waals surface area contributed by atoms with E-state index in [-0.39, 0.29) is 5.91 Å². The number of alkyl halides is 1. The van der Waals surface area contributed by atoms with Crippen LogP contribution < -0.4 is 0 Å². The van der Waals surface area contributed by atoms with E-state index < -0.39 is 0 Å². The molecule has 0 bridgehead atoms. The molecule has 1 aromatic rings. The Morgan fingerprint density at radius 2 is 2.24 bits per heavy atom. The van der Waals surface area contributed by atoms with Crippen LogP contribution in [0.4, 0.5) is 0 Å². The van der Waals surface area contributed by atoms with Gasteiger partial charge in [0.05, 0.1) is 6.42 Å². The Morgan fingerprint density at radius 1 is 1.47 bits per heavy atom. The fraction of sp³-hybridized carbons (Fsp3) is 0.462. The molecule has 0 aromatic heterocycles. The van der Waals surface area contributed by atoms with Gasteiger partial charge in [-0.05, 0) is 24.5 Å². The third kappa shape index (κ3) is 3.02. The number of benzene rings is 1. The van der Waals surface area contributed by atoms with Crippen molar-refractivity contribution < 1.29 is 4.79 Å². The highest BCUT2D eigenvalue weighted by Crippen LogP contribution is 2.22. The van der Waals surface area contributed by atoms with E-state index in [1.54, 1.807) is 0 Å². The molecule has 17 heavy (non-hydrogen) atoms. The van der Waals surface area contributed by atoms with Gasteiger partial charge in [0.2, 0.25) is 5.91 Å².